The molecule has 0 aliphatic heterocycles. The molecule has 10 nitrogen and oxygen atoms in total. The second-order valence-electron chi connectivity index (χ2n) is 5.36. The Hall–Kier alpha value is -3.04. The fraction of sp³-hybridized carbons (Fsp3) is 0.176. The Morgan fingerprint density at radius 3 is 2.55 bits per heavy atom. The first kappa shape index (κ1) is 14.0. The van der Waals surface area contributed by atoms with Crippen molar-refractivity contribution in [1.29, 1.82) is 5.26 Å². The van der Waals surface area contributed by atoms with Gasteiger partial charge in [-0.25, -0.2) is 9.78 Å². The van der Waals surface area contributed by atoms with Gasteiger partial charge in [-0.3, -0.25) is 14.6 Å². The third-order valence-electron chi connectivity index (χ3n) is 3.43. The first-order chi connectivity index (χ1) is 16.1. The van der Waals surface area contributed by atoms with E-state index in [2.05, 4.69) is 46.9 Å². The fourth-order valence-electron chi connectivity index (χ4n) is 2.17. The second kappa shape index (κ2) is 8.14. The van der Waals surface area contributed by atoms with Gasteiger partial charge in [0, 0.05) is 14.1 Å². The molecule has 0 aliphatic carbocycles. The predicted molar refractivity (Wildman–Crippen MR) is 110 cm³/mol. The van der Waals surface area contributed by atoms with Gasteiger partial charge in [0.2, 0.25) is 11.6 Å². The first-order valence-corrected chi connectivity index (χ1v) is 9.12. The summed E-state index contributed by atoms with van der Waals surface area (Å²) >= 11 is 6.48. The smallest absolute Gasteiger partial charge is 0.349 e. The summed E-state index contributed by atoms with van der Waals surface area (Å²) in [5.41, 5.74) is -4.03. The van der Waals surface area contributed by atoms with E-state index >= 15 is 0 Å². The number of hydrogen-bond acceptors (Lipinski definition) is 7. The van der Waals surface area contributed by atoms with Gasteiger partial charge >= 0.3 is 5.69 Å². The van der Waals surface area contributed by atoms with Gasteiger partial charge in [0.05, 0.1) is 20.8 Å². The lowest BCUT2D eigenvalue weighted by Crippen LogP contribution is -2.33. The maximum atomic E-state index is 12.2. The van der Waals surface area contributed by atoms with E-state index in [4.69, 9.17) is 18.2 Å². The quantitative estimate of drug-likeness (QED) is 0.527. The van der Waals surface area contributed by atoms with Crippen molar-refractivity contribution >= 4 is 31.9 Å². The lowest BCUT2D eigenvalue weighted by Gasteiger charge is -2.13. The molecule has 0 bridgehead atoms. The number of halogens is 2. The molecule has 1 aromatic carbocycles. The molecule has 0 radical (unpaired) electrons. The SMILES string of the molecule is [2H]C([2H])([2H])C(c1nc(Oc2c(Br)cc(-n3nc(C#N)c(=O)[nH]c3=O)cc2Br)c[nH]c1=O)C([2H])([2H])[2H]. The van der Waals surface area contributed by atoms with Crippen molar-refractivity contribution in [2.45, 2.75) is 19.6 Å². The molecular weight excluding hydrogens is 512 g/mol. The number of aromatic amines is 2. The highest BCUT2D eigenvalue weighted by Gasteiger charge is 2.16. The van der Waals surface area contributed by atoms with Crippen LogP contribution in [0.5, 0.6) is 11.6 Å². The van der Waals surface area contributed by atoms with Gasteiger partial charge in [-0.15, -0.1) is 5.10 Å². The molecule has 2 N–H and O–H groups in total. The van der Waals surface area contributed by atoms with Crippen LogP contribution in [0.3, 0.4) is 0 Å². The highest BCUT2D eigenvalue weighted by atomic mass is 79.9. The van der Waals surface area contributed by atoms with Crippen molar-refractivity contribution in [2.24, 2.45) is 0 Å². The first-order valence-electron chi connectivity index (χ1n) is 10.5. The van der Waals surface area contributed by atoms with Crippen molar-refractivity contribution in [3.8, 4) is 23.4 Å². The molecule has 12 heteroatoms. The standard InChI is InChI=1S/C17H12Br2N6O4/c1-7(2)13-16(27)21-6-12(22-13)29-14-9(18)3-8(4-10(14)19)25-17(28)23-15(26)11(5-20)24-25/h3-4,6-7H,1-2H3,(H,21,27)(H,23,26,28)/i1D3,2D3. The average Bonchev–Trinajstić information content (AvgIpc) is 2.71. The molecule has 3 aromatic rings. The van der Waals surface area contributed by atoms with Gasteiger partial charge in [-0.2, -0.15) is 9.94 Å². The molecule has 0 atom stereocenters. The summed E-state index contributed by atoms with van der Waals surface area (Å²) < 4.78 is 52.1. The Kier molecular flexibility index (Phi) is 3.94. The zero-order valence-corrected chi connectivity index (χ0v) is 17.2. The maximum Gasteiger partial charge on any atom is 0.349 e. The molecule has 29 heavy (non-hydrogen) atoms. The number of hydrogen-bond donors (Lipinski definition) is 2. The molecular formula is C17H12Br2N6O4. The van der Waals surface area contributed by atoms with Gasteiger partial charge in [-0.1, -0.05) is 13.7 Å². The van der Waals surface area contributed by atoms with Crippen LogP contribution in [0.2, 0.25) is 0 Å². The van der Waals surface area contributed by atoms with E-state index in [0.717, 1.165) is 10.9 Å². The van der Waals surface area contributed by atoms with Crippen LogP contribution in [0.4, 0.5) is 0 Å². The van der Waals surface area contributed by atoms with E-state index in [1.165, 1.54) is 12.1 Å². The number of rotatable bonds is 4. The summed E-state index contributed by atoms with van der Waals surface area (Å²) in [6, 6.07) is 4.28. The highest BCUT2D eigenvalue weighted by molar-refractivity contribution is 9.11. The minimum Gasteiger partial charge on any atom is -0.435 e. The monoisotopic (exact) mass is 528 g/mol. The third kappa shape index (κ3) is 4.20. The van der Waals surface area contributed by atoms with Crippen LogP contribution in [0.1, 0.15) is 39.2 Å². The van der Waals surface area contributed by atoms with Crippen LogP contribution < -0.4 is 21.5 Å². The van der Waals surface area contributed by atoms with Crippen LogP contribution in [-0.2, 0) is 0 Å². The Labute approximate surface area is 187 Å². The number of nitriles is 1. The van der Waals surface area contributed by atoms with Crippen LogP contribution in [0.15, 0.2) is 41.7 Å². The Morgan fingerprint density at radius 1 is 1.24 bits per heavy atom. The summed E-state index contributed by atoms with van der Waals surface area (Å²) in [6.07, 6.45) is 1.02. The number of nitrogens with one attached hydrogen (secondary N) is 2. The van der Waals surface area contributed by atoms with Gasteiger partial charge < -0.3 is 9.72 Å². The van der Waals surface area contributed by atoms with Crippen LogP contribution >= 0.6 is 31.9 Å². The van der Waals surface area contributed by atoms with E-state index in [0.29, 0.717) is 0 Å². The summed E-state index contributed by atoms with van der Waals surface area (Å²) in [4.78, 5) is 44.0. The number of benzene rings is 1. The van der Waals surface area contributed by atoms with Crippen molar-refractivity contribution in [3.05, 3.63) is 69.9 Å². The van der Waals surface area contributed by atoms with Crippen LogP contribution in [0.25, 0.3) is 5.69 Å². The molecule has 0 unspecified atom stereocenters. The van der Waals surface area contributed by atoms with E-state index in [1.54, 1.807) is 6.07 Å². The van der Waals surface area contributed by atoms with E-state index in [-0.39, 0.29) is 26.3 Å². The topological polar surface area (TPSA) is 147 Å². The average molecular weight is 530 g/mol. The molecule has 3 rings (SSSR count). The molecule has 0 saturated heterocycles. The Balaban J connectivity index is 2.07. The lowest BCUT2D eigenvalue weighted by molar-refractivity contribution is 0.449. The fourth-order valence-corrected chi connectivity index (χ4v) is 3.49. The van der Waals surface area contributed by atoms with Crippen molar-refractivity contribution in [2.75, 3.05) is 0 Å². The summed E-state index contributed by atoms with van der Waals surface area (Å²) in [5, 5.41) is 12.7. The van der Waals surface area contributed by atoms with Crippen LogP contribution in [-0.4, -0.2) is 24.7 Å². The third-order valence-corrected chi connectivity index (χ3v) is 4.61. The summed E-state index contributed by atoms with van der Waals surface area (Å²) in [7, 11) is 0. The largest absolute Gasteiger partial charge is 0.435 e. The number of nitrogens with zero attached hydrogens (tertiary/aromatic N) is 4. The predicted octanol–water partition coefficient (Wildman–Crippen LogP) is 2.32. The molecule has 0 spiro atoms. The Bertz CT molecular complexity index is 1480. The summed E-state index contributed by atoms with van der Waals surface area (Å²) in [6.45, 7) is -6.10. The molecule has 148 valence electrons. The summed E-state index contributed by atoms with van der Waals surface area (Å²) in [5.74, 6) is -2.43. The zero-order valence-electron chi connectivity index (χ0n) is 20.0. The van der Waals surface area contributed by atoms with E-state index < -0.39 is 47.8 Å². The molecule has 0 saturated carbocycles. The number of H-pyrrole nitrogens is 2. The molecule has 2 aromatic heterocycles. The van der Waals surface area contributed by atoms with Gasteiger partial charge in [0.25, 0.3) is 11.1 Å². The second-order valence-corrected chi connectivity index (χ2v) is 7.07. The van der Waals surface area contributed by atoms with Gasteiger partial charge in [-0.05, 0) is 44.0 Å². The van der Waals surface area contributed by atoms with E-state index in [9.17, 15) is 14.4 Å². The van der Waals surface area contributed by atoms with Crippen molar-refractivity contribution in [3.63, 3.8) is 0 Å². The molecule has 2 heterocycles. The van der Waals surface area contributed by atoms with Gasteiger partial charge in [0.15, 0.2) is 5.75 Å². The normalized spacial score (nSPS) is 14.7. The van der Waals surface area contributed by atoms with E-state index in [1.807, 2.05) is 4.98 Å². The highest BCUT2D eigenvalue weighted by Crippen LogP contribution is 2.37. The molecule has 0 amide bonds. The van der Waals surface area contributed by atoms with Crippen LogP contribution in [0, 0.1) is 11.3 Å². The minimum atomic E-state index is -3.05. The molecule has 0 aliphatic rings. The maximum absolute atomic E-state index is 12.2. The minimum absolute atomic E-state index is 0.0524. The molecule has 0 fully saturated rings. The zero-order chi connectivity index (χ0) is 26.3. The lowest BCUT2D eigenvalue weighted by atomic mass is 10.1. The van der Waals surface area contributed by atoms with Crippen molar-refractivity contribution in [1.82, 2.24) is 24.7 Å². The number of aromatic nitrogens is 5. The van der Waals surface area contributed by atoms with Gasteiger partial charge in [0.1, 0.15) is 11.8 Å². The number of ether oxygens (including phenoxy) is 1. The Morgan fingerprint density at radius 2 is 1.93 bits per heavy atom. The van der Waals surface area contributed by atoms with Crippen molar-refractivity contribution < 1.29 is 13.0 Å².